The SMILES string of the molecule is CC(C)(C)Oc1ccc([C@@H](CN=[N+]=[N-])NC(=O)OCC2c3ccccc3-c3ccccc32)cc1. The molecule has 0 fully saturated rings. The van der Waals surface area contributed by atoms with Gasteiger partial charge in [0.1, 0.15) is 18.0 Å². The second kappa shape index (κ2) is 9.89. The van der Waals surface area contributed by atoms with E-state index in [4.69, 9.17) is 15.0 Å². The van der Waals surface area contributed by atoms with Gasteiger partial charge in [-0.15, -0.1) is 0 Å². The van der Waals surface area contributed by atoms with E-state index in [1.165, 1.54) is 11.1 Å². The molecule has 0 unspecified atom stereocenters. The molecule has 3 aromatic rings. The van der Waals surface area contributed by atoms with E-state index < -0.39 is 12.1 Å². The van der Waals surface area contributed by atoms with Crippen LogP contribution in [0.5, 0.6) is 5.75 Å². The minimum absolute atomic E-state index is 0.0254. The molecule has 7 heteroatoms. The summed E-state index contributed by atoms with van der Waals surface area (Å²) in [5.41, 5.74) is 13.9. The lowest BCUT2D eigenvalue weighted by molar-refractivity contribution is 0.131. The first kappa shape index (κ1) is 23.2. The van der Waals surface area contributed by atoms with E-state index >= 15 is 0 Å². The predicted octanol–water partition coefficient (Wildman–Crippen LogP) is 6.75. The molecule has 0 saturated carbocycles. The first-order valence-electron chi connectivity index (χ1n) is 11.3. The Kier molecular flexibility index (Phi) is 6.75. The zero-order valence-electron chi connectivity index (χ0n) is 19.6. The number of benzene rings is 3. The summed E-state index contributed by atoms with van der Waals surface area (Å²) in [6, 6.07) is 23.2. The third-order valence-corrected chi connectivity index (χ3v) is 5.67. The van der Waals surface area contributed by atoms with Gasteiger partial charge in [0.15, 0.2) is 0 Å². The van der Waals surface area contributed by atoms with Crippen LogP contribution in [-0.2, 0) is 4.74 Å². The highest BCUT2D eigenvalue weighted by atomic mass is 16.5. The lowest BCUT2D eigenvalue weighted by Crippen LogP contribution is -2.31. The molecule has 0 radical (unpaired) electrons. The number of nitrogens with one attached hydrogen (secondary N) is 1. The quantitative estimate of drug-likeness (QED) is 0.242. The maximum Gasteiger partial charge on any atom is 0.407 e. The van der Waals surface area contributed by atoms with Gasteiger partial charge in [0.05, 0.1) is 12.6 Å². The minimum atomic E-state index is -0.560. The Morgan fingerprint density at radius 1 is 1.00 bits per heavy atom. The summed E-state index contributed by atoms with van der Waals surface area (Å²) in [7, 11) is 0. The Morgan fingerprint density at radius 3 is 2.15 bits per heavy atom. The molecule has 174 valence electrons. The van der Waals surface area contributed by atoms with Crippen molar-refractivity contribution in [2.24, 2.45) is 5.11 Å². The van der Waals surface area contributed by atoms with Crippen molar-refractivity contribution in [2.75, 3.05) is 13.2 Å². The van der Waals surface area contributed by atoms with Crippen LogP contribution in [0.2, 0.25) is 0 Å². The van der Waals surface area contributed by atoms with Gasteiger partial charge in [0.2, 0.25) is 0 Å². The molecule has 0 aliphatic heterocycles. The van der Waals surface area contributed by atoms with Gasteiger partial charge in [-0.25, -0.2) is 4.79 Å². The van der Waals surface area contributed by atoms with Gasteiger partial charge in [-0.1, -0.05) is 65.8 Å². The Bertz CT molecular complexity index is 1170. The van der Waals surface area contributed by atoms with Crippen molar-refractivity contribution in [3.63, 3.8) is 0 Å². The van der Waals surface area contributed by atoms with Crippen LogP contribution in [0.4, 0.5) is 4.79 Å². The van der Waals surface area contributed by atoms with Gasteiger partial charge >= 0.3 is 6.09 Å². The summed E-state index contributed by atoms with van der Waals surface area (Å²) in [5, 5.41) is 6.50. The molecule has 1 N–H and O–H groups in total. The third kappa shape index (κ3) is 5.33. The number of rotatable bonds is 7. The second-order valence-electron chi connectivity index (χ2n) is 9.22. The molecule has 0 aromatic heterocycles. The number of fused-ring (bicyclic) bond motifs is 3. The van der Waals surface area contributed by atoms with Gasteiger partial charge in [0, 0.05) is 10.8 Å². The summed E-state index contributed by atoms with van der Waals surface area (Å²) < 4.78 is 11.5. The van der Waals surface area contributed by atoms with Crippen LogP contribution in [0.15, 0.2) is 77.9 Å². The van der Waals surface area contributed by atoms with Gasteiger partial charge in [-0.2, -0.15) is 0 Å². The number of amides is 1. The Balaban J connectivity index is 1.44. The van der Waals surface area contributed by atoms with Gasteiger partial charge < -0.3 is 14.8 Å². The normalized spacial score (nSPS) is 13.3. The molecule has 4 rings (SSSR count). The molecule has 1 amide bonds. The highest BCUT2D eigenvalue weighted by Gasteiger charge is 2.29. The molecule has 34 heavy (non-hydrogen) atoms. The summed E-state index contributed by atoms with van der Waals surface area (Å²) >= 11 is 0. The van der Waals surface area contributed by atoms with E-state index in [1.54, 1.807) is 0 Å². The molecule has 7 nitrogen and oxygen atoms in total. The van der Waals surface area contributed by atoms with Gasteiger partial charge in [-0.05, 0) is 66.3 Å². The maximum atomic E-state index is 12.7. The van der Waals surface area contributed by atoms with Crippen molar-refractivity contribution >= 4 is 6.09 Å². The van der Waals surface area contributed by atoms with E-state index in [0.717, 1.165) is 22.4 Å². The molecule has 0 bridgehead atoms. The van der Waals surface area contributed by atoms with Crippen molar-refractivity contribution in [2.45, 2.75) is 38.3 Å². The van der Waals surface area contributed by atoms with Crippen molar-refractivity contribution < 1.29 is 14.3 Å². The van der Waals surface area contributed by atoms with Crippen molar-refractivity contribution in [1.29, 1.82) is 0 Å². The van der Waals surface area contributed by atoms with Crippen LogP contribution in [0.25, 0.3) is 21.6 Å². The standard InChI is InChI=1S/C27H28N4O3/c1-27(2,3)34-19-14-12-18(13-15-19)25(16-29-31-28)30-26(32)33-17-24-22-10-6-4-8-20(22)21-9-5-7-11-23(21)24/h4-15,24-25H,16-17H2,1-3H3,(H,30,32)/t25-/m1/s1. The largest absolute Gasteiger partial charge is 0.488 e. The Morgan fingerprint density at radius 2 is 1.59 bits per heavy atom. The number of hydrogen-bond acceptors (Lipinski definition) is 4. The molecule has 0 spiro atoms. The summed E-state index contributed by atoms with van der Waals surface area (Å²) in [6.45, 7) is 6.21. The zero-order chi connectivity index (χ0) is 24.1. The molecule has 1 atom stereocenters. The molecule has 0 saturated heterocycles. The van der Waals surface area contributed by atoms with Crippen molar-refractivity contribution in [3.05, 3.63) is 99.9 Å². The first-order valence-corrected chi connectivity index (χ1v) is 11.3. The fraction of sp³-hybridized carbons (Fsp3) is 0.296. The smallest absolute Gasteiger partial charge is 0.407 e. The molecule has 0 heterocycles. The number of nitrogens with zero attached hydrogens (tertiary/aromatic N) is 3. The summed E-state index contributed by atoms with van der Waals surface area (Å²) in [4.78, 5) is 15.6. The lowest BCUT2D eigenvalue weighted by atomic mass is 9.98. The van der Waals surface area contributed by atoms with Crippen LogP contribution in [0.1, 0.15) is 49.4 Å². The van der Waals surface area contributed by atoms with Crippen LogP contribution in [0.3, 0.4) is 0 Å². The maximum absolute atomic E-state index is 12.7. The van der Waals surface area contributed by atoms with Crippen LogP contribution in [-0.4, -0.2) is 24.8 Å². The van der Waals surface area contributed by atoms with E-state index in [9.17, 15) is 4.79 Å². The third-order valence-electron chi connectivity index (χ3n) is 5.67. The number of azide groups is 1. The predicted molar refractivity (Wildman–Crippen MR) is 132 cm³/mol. The Labute approximate surface area is 199 Å². The van der Waals surface area contributed by atoms with Crippen molar-refractivity contribution in [3.8, 4) is 16.9 Å². The average molecular weight is 457 g/mol. The van der Waals surface area contributed by atoms with Gasteiger partial charge in [0.25, 0.3) is 0 Å². The van der Waals surface area contributed by atoms with E-state index in [2.05, 4.69) is 39.6 Å². The number of carbonyl (C=O) groups excluding carboxylic acids is 1. The number of ether oxygens (including phenoxy) is 2. The van der Waals surface area contributed by atoms with E-state index in [1.807, 2.05) is 69.3 Å². The van der Waals surface area contributed by atoms with Crippen molar-refractivity contribution in [1.82, 2.24) is 5.32 Å². The topological polar surface area (TPSA) is 96.3 Å². The van der Waals surface area contributed by atoms with Gasteiger partial charge in [-0.3, -0.25) is 0 Å². The highest BCUT2D eigenvalue weighted by Crippen LogP contribution is 2.44. The number of hydrogen-bond donors (Lipinski definition) is 1. The Hall–Kier alpha value is -3.96. The second-order valence-corrected chi connectivity index (χ2v) is 9.22. The molecular formula is C27H28N4O3. The molecule has 1 aliphatic carbocycles. The fourth-order valence-corrected chi connectivity index (χ4v) is 4.26. The van der Waals surface area contributed by atoms with E-state index in [-0.39, 0.29) is 24.7 Å². The zero-order valence-corrected chi connectivity index (χ0v) is 19.6. The number of alkyl carbamates (subject to hydrolysis) is 1. The monoisotopic (exact) mass is 456 g/mol. The molecular weight excluding hydrogens is 428 g/mol. The highest BCUT2D eigenvalue weighted by molar-refractivity contribution is 5.79. The van der Waals surface area contributed by atoms with Crippen LogP contribution in [0, 0.1) is 0 Å². The molecule has 1 aliphatic rings. The minimum Gasteiger partial charge on any atom is -0.488 e. The summed E-state index contributed by atoms with van der Waals surface area (Å²) in [5.74, 6) is 0.697. The van der Waals surface area contributed by atoms with Crippen LogP contribution < -0.4 is 10.1 Å². The van der Waals surface area contributed by atoms with E-state index in [0.29, 0.717) is 0 Å². The van der Waals surface area contributed by atoms with Crippen LogP contribution >= 0.6 is 0 Å². The fourth-order valence-electron chi connectivity index (χ4n) is 4.26. The first-order chi connectivity index (χ1) is 16.4. The average Bonchev–Trinajstić information content (AvgIpc) is 3.14. The molecule has 3 aromatic carbocycles. The summed E-state index contributed by atoms with van der Waals surface area (Å²) in [6.07, 6.45) is -0.560. The number of carbonyl (C=O) groups is 1. The lowest BCUT2D eigenvalue weighted by Gasteiger charge is -2.22.